The van der Waals surface area contributed by atoms with Crippen LogP contribution >= 0.6 is 0 Å². The number of hydrogen-bond acceptors (Lipinski definition) is 3. The lowest BCUT2D eigenvalue weighted by molar-refractivity contribution is 0.237. The van der Waals surface area contributed by atoms with Gasteiger partial charge in [0.05, 0.1) is 6.61 Å². The predicted octanol–water partition coefficient (Wildman–Crippen LogP) is -0.215. The van der Waals surface area contributed by atoms with E-state index in [2.05, 4.69) is 12.1 Å². The van der Waals surface area contributed by atoms with E-state index in [0.717, 1.165) is 12.8 Å². The fourth-order valence-electron chi connectivity index (χ4n) is 0.874. The number of aliphatic hydroxyl groups excluding tert-OH is 1. The Hall–Kier alpha value is -0.970. The summed E-state index contributed by atoms with van der Waals surface area (Å²) in [5.74, 6) is 0.0671. The van der Waals surface area contributed by atoms with Gasteiger partial charge < -0.3 is 20.9 Å². The molecule has 0 atom stereocenters. The van der Waals surface area contributed by atoms with Crippen molar-refractivity contribution < 1.29 is 10.3 Å². The molecule has 0 aliphatic rings. The van der Waals surface area contributed by atoms with Crippen molar-refractivity contribution in [2.45, 2.75) is 19.8 Å². The summed E-state index contributed by atoms with van der Waals surface area (Å²) in [7, 11) is 0. The van der Waals surface area contributed by atoms with Gasteiger partial charge in [-0.25, -0.2) is 0 Å². The number of unbranched alkanes of at least 4 members (excludes halogenated alkanes) is 1. The molecule has 0 rings (SSSR count). The van der Waals surface area contributed by atoms with Gasteiger partial charge in [-0.2, -0.15) is 0 Å². The third kappa shape index (κ3) is 4.02. The van der Waals surface area contributed by atoms with Crippen molar-refractivity contribution in [3.8, 4) is 0 Å². The van der Waals surface area contributed by atoms with E-state index < -0.39 is 0 Å². The average Bonchev–Trinajstić information content (AvgIpc) is 2.11. The fourth-order valence-corrected chi connectivity index (χ4v) is 0.874. The summed E-state index contributed by atoms with van der Waals surface area (Å²) in [6.07, 6.45) is 2.01. The zero-order chi connectivity index (χ0) is 9.40. The van der Waals surface area contributed by atoms with Gasteiger partial charge in [0, 0.05) is 13.1 Å². The van der Waals surface area contributed by atoms with Crippen LogP contribution < -0.4 is 5.73 Å². The van der Waals surface area contributed by atoms with Gasteiger partial charge in [-0.15, -0.1) is 0 Å². The van der Waals surface area contributed by atoms with Crippen molar-refractivity contribution in [3.63, 3.8) is 0 Å². The van der Waals surface area contributed by atoms with Gasteiger partial charge in [-0.3, -0.25) is 0 Å². The first-order valence-electron chi connectivity index (χ1n) is 4.09. The van der Waals surface area contributed by atoms with Crippen LogP contribution in [0.25, 0.3) is 0 Å². The Kier molecular flexibility index (Phi) is 6.18. The van der Waals surface area contributed by atoms with Crippen molar-refractivity contribution in [1.29, 1.82) is 0 Å². The maximum Gasteiger partial charge on any atom is 0.233 e. The van der Waals surface area contributed by atoms with Crippen molar-refractivity contribution in [2.24, 2.45) is 10.9 Å². The molecular formula is C7H17N3O2. The first kappa shape index (κ1) is 11.0. The summed E-state index contributed by atoms with van der Waals surface area (Å²) in [6, 6.07) is 0. The molecule has 0 amide bonds. The van der Waals surface area contributed by atoms with Gasteiger partial charge in [0.25, 0.3) is 0 Å². The molecule has 0 heterocycles. The molecular weight excluding hydrogens is 158 g/mol. The molecule has 0 saturated carbocycles. The minimum atomic E-state index is 0.0138. The normalized spacial score (nSPS) is 11.7. The molecule has 0 radical (unpaired) electrons. The Morgan fingerprint density at radius 3 is 2.58 bits per heavy atom. The van der Waals surface area contributed by atoms with Gasteiger partial charge in [0.15, 0.2) is 0 Å². The lowest BCUT2D eigenvalue weighted by atomic mass is 10.3. The van der Waals surface area contributed by atoms with E-state index in [9.17, 15) is 0 Å². The third-order valence-electron chi connectivity index (χ3n) is 1.58. The number of aliphatic hydroxyl groups is 1. The maximum atomic E-state index is 8.65. The highest BCUT2D eigenvalue weighted by Gasteiger charge is 2.05. The minimum absolute atomic E-state index is 0.0138. The molecule has 0 saturated heterocycles. The van der Waals surface area contributed by atoms with E-state index in [1.54, 1.807) is 4.90 Å². The van der Waals surface area contributed by atoms with Crippen molar-refractivity contribution >= 4 is 5.96 Å². The number of guanidine groups is 1. The summed E-state index contributed by atoms with van der Waals surface area (Å²) in [6.45, 7) is 3.20. The van der Waals surface area contributed by atoms with Crippen LogP contribution in [0.3, 0.4) is 0 Å². The number of oxime groups is 1. The third-order valence-corrected chi connectivity index (χ3v) is 1.58. The molecule has 72 valence electrons. The van der Waals surface area contributed by atoms with Crippen LogP contribution in [-0.4, -0.2) is 40.9 Å². The first-order chi connectivity index (χ1) is 5.76. The van der Waals surface area contributed by atoms with E-state index in [1.807, 2.05) is 0 Å². The smallest absolute Gasteiger partial charge is 0.233 e. The summed E-state index contributed by atoms with van der Waals surface area (Å²) >= 11 is 0. The van der Waals surface area contributed by atoms with Crippen LogP contribution in [0.5, 0.6) is 0 Å². The number of hydrogen-bond donors (Lipinski definition) is 3. The predicted molar refractivity (Wildman–Crippen MR) is 47.0 cm³/mol. The SMILES string of the molecule is CCCCN(CCO)C(N)=NO. The fraction of sp³-hybridized carbons (Fsp3) is 0.857. The van der Waals surface area contributed by atoms with Crippen LogP contribution in [0.15, 0.2) is 5.16 Å². The highest BCUT2D eigenvalue weighted by atomic mass is 16.4. The molecule has 0 aromatic heterocycles. The Labute approximate surface area is 72.5 Å². The lowest BCUT2D eigenvalue weighted by Gasteiger charge is -2.20. The van der Waals surface area contributed by atoms with Gasteiger partial charge in [0.1, 0.15) is 0 Å². The number of nitrogens with two attached hydrogens (primary N) is 1. The zero-order valence-electron chi connectivity index (χ0n) is 7.40. The summed E-state index contributed by atoms with van der Waals surface area (Å²) in [4.78, 5) is 1.64. The standard InChI is InChI=1S/C7H17N3O2/c1-2-3-4-10(5-6-11)7(8)9-12/h11-12H,2-6H2,1H3,(H2,8,9). The molecule has 12 heavy (non-hydrogen) atoms. The monoisotopic (exact) mass is 175 g/mol. The molecule has 5 nitrogen and oxygen atoms in total. The summed E-state index contributed by atoms with van der Waals surface area (Å²) < 4.78 is 0. The molecule has 0 spiro atoms. The summed E-state index contributed by atoms with van der Waals surface area (Å²) in [5, 5.41) is 19.9. The van der Waals surface area contributed by atoms with Gasteiger partial charge in [0.2, 0.25) is 5.96 Å². The maximum absolute atomic E-state index is 8.65. The van der Waals surface area contributed by atoms with Crippen LogP contribution in [0, 0.1) is 0 Å². The average molecular weight is 175 g/mol. The Morgan fingerprint density at radius 2 is 2.17 bits per heavy atom. The molecule has 5 heteroatoms. The molecule has 0 fully saturated rings. The Morgan fingerprint density at radius 1 is 1.50 bits per heavy atom. The molecule has 0 bridgehead atoms. The van der Waals surface area contributed by atoms with Gasteiger partial charge in [-0.05, 0) is 6.42 Å². The van der Waals surface area contributed by atoms with E-state index >= 15 is 0 Å². The molecule has 0 aliphatic heterocycles. The zero-order valence-corrected chi connectivity index (χ0v) is 7.40. The van der Waals surface area contributed by atoms with E-state index in [1.165, 1.54) is 0 Å². The first-order valence-corrected chi connectivity index (χ1v) is 4.09. The van der Waals surface area contributed by atoms with Gasteiger partial charge >= 0.3 is 0 Å². The van der Waals surface area contributed by atoms with Crippen molar-refractivity contribution in [1.82, 2.24) is 4.90 Å². The van der Waals surface area contributed by atoms with Crippen LogP contribution in [-0.2, 0) is 0 Å². The quantitative estimate of drug-likeness (QED) is 0.233. The minimum Gasteiger partial charge on any atom is -0.408 e. The van der Waals surface area contributed by atoms with Crippen molar-refractivity contribution in [3.05, 3.63) is 0 Å². The van der Waals surface area contributed by atoms with E-state index in [-0.39, 0.29) is 12.6 Å². The largest absolute Gasteiger partial charge is 0.408 e. The van der Waals surface area contributed by atoms with Gasteiger partial charge in [-0.1, -0.05) is 18.5 Å². The second kappa shape index (κ2) is 6.72. The second-order valence-corrected chi connectivity index (χ2v) is 2.52. The number of rotatable bonds is 5. The van der Waals surface area contributed by atoms with Crippen LogP contribution in [0.1, 0.15) is 19.8 Å². The Balaban J connectivity index is 3.85. The van der Waals surface area contributed by atoms with E-state index in [4.69, 9.17) is 16.0 Å². The highest BCUT2D eigenvalue weighted by molar-refractivity contribution is 5.77. The lowest BCUT2D eigenvalue weighted by Crippen LogP contribution is -2.39. The molecule has 0 unspecified atom stereocenters. The Bertz CT molecular complexity index is 139. The van der Waals surface area contributed by atoms with E-state index in [0.29, 0.717) is 13.1 Å². The summed E-state index contributed by atoms with van der Waals surface area (Å²) in [5.41, 5.74) is 5.36. The van der Waals surface area contributed by atoms with Crippen LogP contribution in [0.2, 0.25) is 0 Å². The second-order valence-electron chi connectivity index (χ2n) is 2.52. The molecule has 0 aliphatic carbocycles. The van der Waals surface area contributed by atoms with Crippen molar-refractivity contribution in [2.75, 3.05) is 19.7 Å². The molecule has 0 aromatic carbocycles. The topological polar surface area (TPSA) is 82.1 Å². The number of nitrogens with zero attached hydrogens (tertiary/aromatic N) is 2. The molecule has 4 N–H and O–H groups in total. The van der Waals surface area contributed by atoms with Crippen LogP contribution in [0.4, 0.5) is 0 Å². The molecule has 0 aromatic rings. The highest BCUT2D eigenvalue weighted by Crippen LogP contribution is 1.93.